The minimum absolute atomic E-state index is 0.385. The van der Waals surface area contributed by atoms with Crippen molar-refractivity contribution in [2.75, 3.05) is 0 Å². The van der Waals surface area contributed by atoms with Crippen LogP contribution in [0.1, 0.15) is 51.4 Å². The van der Waals surface area contributed by atoms with E-state index in [-0.39, 0.29) is 0 Å². The second-order valence-electron chi connectivity index (χ2n) is 4.02. The van der Waals surface area contributed by atoms with Gasteiger partial charge in [-0.05, 0) is 25.7 Å². The monoisotopic (exact) mass is 167 g/mol. The van der Waals surface area contributed by atoms with Crippen molar-refractivity contribution in [3.8, 4) is 0 Å². The molecule has 12 heavy (non-hydrogen) atoms. The first kappa shape index (κ1) is 9.79. The summed E-state index contributed by atoms with van der Waals surface area (Å²) >= 11 is 0. The van der Waals surface area contributed by atoms with Crippen LogP contribution in [-0.2, 0) is 0 Å². The molecule has 0 amide bonds. The quantitative estimate of drug-likeness (QED) is 0.551. The van der Waals surface area contributed by atoms with Crippen molar-refractivity contribution in [1.82, 2.24) is 0 Å². The zero-order chi connectivity index (χ0) is 8.81. The van der Waals surface area contributed by atoms with Gasteiger partial charge in [0.1, 0.15) is 0 Å². The van der Waals surface area contributed by atoms with Crippen molar-refractivity contribution < 1.29 is 0 Å². The molecule has 0 aromatic rings. The lowest BCUT2D eigenvalue weighted by Gasteiger charge is -2.15. The molecule has 0 aromatic heterocycles. The third-order valence-corrected chi connectivity index (χ3v) is 2.66. The lowest BCUT2D eigenvalue weighted by atomic mass is 9.95. The predicted molar refractivity (Wildman–Crippen MR) is 54.1 cm³/mol. The van der Waals surface area contributed by atoms with Crippen molar-refractivity contribution in [3.05, 3.63) is 12.2 Å². The standard InChI is InChI=1S/C11H21N/c1-10-7-5-3-2-4-6-8-11(12)9-10/h11H,1-9,12H2. The number of hydrogen-bond acceptors (Lipinski definition) is 1. The van der Waals surface area contributed by atoms with Gasteiger partial charge in [0.25, 0.3) is 0 Å². The molecule has 1 fully saturated rings. The minimum atomic E-state index is 0.385. The Morgan fingerprint density at radius 2 is 1.75 bits per heavy atom. The highest BCUT2D eigenvalue weighted by Gasteiger charge is 2.06. The highest BCUT2D eigenvalue weighted by Crippen LogP contribution is 2.18. The summed E-state index contributed by atoms with van der Waals surface area (Å²) in [5.74, 6) is 0. The summed E-state index contributed by atoms with van der Waals surface area (Å²) in [6.45, 7) is 4.06. The molecular formula is C11H21N. The van der Waals surface area contributed by atoms with Gasteiger partial charge < -0.3 is 5.73 Å². The van der Waals surface area contributed by atoms with E-state index in [1.54, 1.807) is 0 Å². The molecule has 1 rings (SSSR count). The van der Waals surface area contributed by atoms with Gasteiger partial charge >= 0.3 is 0 Å². The van der Waals surface area contributed by atoms with Crippen molar-refractivity contribution in [3.63, 3.8) is 0 Å². The normalized spacial score (nSPS) is 28.4. The van der Waals surface area contributed by atoms with Gasteiger partial charge in [-0.25, -0.2) is 0 Å². The minimum Gasteiger partial charge on any atom is -0.327 e. The lowest BCUT2D eigenvalue weighted by molar-refractivity contribution is 0.507. The van der Waals surface area contributed by atoms with E-state index >= 15 is 0 Å². The van der Waals surface area contributed by atoms with E-state index in [9.17, 15) is 0 Å². The number of nitrogens with two attached hydrogens (primary N) is 1. The summed E-state index contributed by atoms with van der Waals surface area (Å²) in [4.78, 5) is 0. The molecule has 1 aliphatic rings. The summed E-state index contributed by atoms with van der Waals surface area (Å²) in [6.07, 6.45) is 10.2. The Hall–Kier alpha value is -0.300. The van der Waals surface area contributed by atoms with Crippen molar-refractivity contribution in [2.24, 2.45) is 5.73 Å². The highest BCUT2D eigenvalue weighted by molar-refractivity contribution is 4.97. The van der Waals surface area contributed by atoms with Crippen LogP contribution < -0.4 is 5.73 Å². The maximum absolute atomic E-state index is 5.95. The van der Waals surface area contributed by atoms with Crippen LogP contribution in [-0.4, -0.2) is 6.04 Å². The maximum Gasteiger partial charge on any atom is 0.00759 e. The van der Waals surface area contributed by atoms with Crippen LogP contribution in [0.4, 0.5) is 0 Å². The van der Waals surface area contributed by atoms with Crippen molar-refractivity contribution in [2.45, 2.75) is 57.4 Å². The second-order valence-corrected chi connectivity index (χ2v) is 4.02. The first-order valence-corrected chi connectivity index (χ1v) is 5.21. The first-order chi connectivity index (χ1) is 5.79. The molecule has 1 unspecified atom stereocenters. The molecule has 1 saturated carbocycles. The molecule has 1 heteroatoms. The van der Waals surface area contributed by atoms with Gasteiger partial charge in [0.15, 0.2) is 0 Å². The Bertz CT molecular complexity index is 140. The van der Waals surface area contributed by atoms with E-state index in [1.807, 2.05) is 0 Å². The van der Waals surface area contributed by atoms with E-state index in [0.717, 1.165) is 6.42 Å². The fourth-order valence-corrected chi connectivity index (χ4v) is 1.89. The van der Waals surface area contributed by atoms with Gasteiger partial charge in [-0.2, -0.15) is 0 Å². The van der Waals surface area contributed by atoms with Gasteiger partial charge in [0.05, 0.1) is 0 Å². The van der Waals surface area contributed by atoms with Crippen LogP contribution >= 0.6 is 0 Å². The third kappa shape index (κ3) is 3.91. The molecule has 0 radical (unpaired) electrons. The molecule has 1 aliphatic carbocycles. The van der Waals surface area contributed by atoms with Gasteiger partial charge in [0, 0.05) is 6.04 Å². The van der Waals surface area contributed by atoms with E-state index < -0.39 is 0 Å². The molecule has 0 spiro atoms. The predicted octanol–water partition coefficient (Wildman–Crippen LogP) is 3.00. The van der Waals surface area contributed by atoms with Crippen LogP contribution in [0, 0.1) is 0 Å². The Morgan fingerprint density at radius 3 is 2.58 bits per heavy atom. The molecule has 0 bridgehead atoms. The van der Waals surface area contributed by atoms with Crippen LogP contribution in [0.5, 0.6) is 0 Å². The molecule has 0 aliphatic heterocycles. The van der Waals surface area contributed by atoms with Crippen LogP contribution in [0.15, 0.2) is 12.2 Å². The summed E-state index contributed by atoms with van der Waals surface area (Å²) < 4.78 is 0. The topological polar surface area (TPSA) is 26.0 Å². The fourth-order valence-electron chi connectivity index (χ4n) is 1.89. The molecule has 0 heterocycles. The summed E-state index contributed by atoms with van der Waals surface area (Å²) in [5.41, 5.74) is 7.32. The zero-order valence-electron chi connectivity index (χ0n) is 8.02. The molecule has 1 atom stereocenters. The number of hydrogen-bond donors (Lipinski definition) is 1. The fraction of sp³-hybridized carbons (Fsp3) is 0.818. The Kier molecular flexibility index (Phi) is 4.37. The SMILES string of the molecule is C=C1CCCCCCCC(N)C1. The molecule has 2 N–H and O–H groups in total. The summed E-state index contributed by atoms with van der Waals surface area (Å²) in [5, 5.41) is 0. The van der Waals surface area contributed by atoms with Crippen LogP contribution in [0.2, 0.25) is 0 Å². The maximum atomic E-state index is 5.95. The zero-order valence-corrected chi connectivity index (χ0v) is 8.02. The molecular weight excluding hydrogens is 146 g/mol. The average molecular weight is 167 g/mol. The van der Waals surface area contributed by atoms with Gasteiger partial charge in [-0.3, -0.25) is 0 Å². The molecule has 0 aromatic carbocycles. The molecule has 0 saturated heterocycles. The van der Waals surface area contributed by atoms with Crippen molar-refractivity contribution in [1.29, 1.82) is 0 Å². The van der Waals surface area contributed by atoms with Gasteiger partial charge in [-0.15, -0.1) is 0 Å². The highest BCUT2D eigenvalue weighted by atomic mass is 14.6. The van der Waals surface area contributed by atoms with E-state index in [1.165, 1.54) is 50.5 Å². The second kappa shape index (κ2) is 5.36. The molecule has 1 nitrogen and oxygen atoms in total. The van der Waals surface area contributed by atoms with Gasteiger partial charge in [0.2, 0.25) is 0 Å². The lowest BCUT2D eigenvalue weighted by Crippen LogP contribution is -2.20. The van der Waals surface area contributed by atoms with Crippen LogP contribution in [0.3, 0.4) is 0 Å². The molecule has 70 valence electrons. The van der Waals surface area contributed by atoms with Crippen LogP contribution in [0.25, 0.3) is 0 Å². The van der Waals surface area contributed by atoms with E-state index in [2.05, 4.69) is 6.58 Å². The van der Waals surface area contributed by atoms with E-state index in [0.29, 0.717) is 6.04 Å². The van der Waals surface area contributed by atoms with Crippen molar-refractivity contribution >= 4 is 0 Å². The van der Waals surface area contributed by atoms with E-state index in [4.69, 9.17) is 5.73 Å². The van der Waals surface area contributed by atoms with Gasteiger partial charge in [-0.1, -0.05) is 37.8 Å². The third-order valence-electron chi connectivity index (χ3n) is 2.66. The summed E-state index contributed by atoms with van der Waals surface area (Å²) in [6, 6.07) is 0.385. The Labute approximate surface area is 76.0 Å². The first-order valence-electron chi connectivity index (χ1n) is 5.21. The Morgan fingerprint density at radius 1 is 1.08 bits per heavy atom. The Balaban J connectivity index is 2.29. The average Bonchev–Trinajstić information content (AvgIpc) is 2.02. The summed E-state index contributed by atoms with van der Waals surface area (Å²) in [7, 11) is 0. The smallest absolute Gasteiger partial charge is 0.00759 e. The number of rotatable bonds is 0. The largest absolute Gasteiger partial charge is 0.327 e.